The van der Waals surface area contributed by atoms with Gasteiger partial charge in [0.2, 0.25) is 5.96 Å². The summed E-state index contributed by atoms with van der Waals surface area (Å²) in [5, 5.41) is 14.7. The molecule has 1 aliphatic heterocycles. The van der Waals surface area contributed by atoms with Crippen molar-refractivity contribution in [2.75, 3.05) is 57.0 Å². The summed E-state index contributed by atoms with van der Waals surface area (Å²) in [6, 6.07) is 4.47. The Kier molecular flexibility index (Phi) is 12.4. The molecule has 8 nitrogen and oxygen atoms in total. The molecule has 182 valence electrons. The van der Waals surface area contributed by atoms with E-state index in [0.717, 1.165) is 50.9 Å². The molecule has 2 aliphatic rings. The number of nitriles is 1. The van der Waals surface area contributed by atoms with Gasteiger partial charge in [-0.15, -0.1) is 0 Å². The third kappa shape index (κ3) is 10.3. The van der Waals surface area contributed by atoms with E-state index in [4.69, 9.17) is 10.00 Å². The fourth-order valence-corrected chi connectivity index (χ4v) is 5.57. The van der Waals surface area contributed by atoms with Crippen LogP contribution in [0.5, 0.6) is 0 Å². The van der Waals surface area contributed by atoms with Crippen molar-refractivity contribution >= 4 is 23.6 Å². The minimum absolute atomic E-state index is 0.491. The first-order valence-corrected chi connectivity index (χ1v) is 13.4. The van der Waals surface area contributed by atoms with E-state index in [2.05, 4.69) is 41.8 Å². The maximum absolute atomic E-state index is 8.95. The van der Waals surface area contributed by atoms with Crippen molar-refractivity contribution in [3.05, 3.63) is 24.5 Å². The van der Waals surface area contributed by atoms with Gasteiger partial charge < -0.3 is 10.1 Å². The summed E-state index contributed by atoms with van der Waals surface area (Å²) >= 11 is 2.06. The number of morpholine rings is 1. The summed E-state index contributed by atoms with van der Waals surface area (Å²) in [7, 11) is 0. The molecular weight excluding hydrogens is 434 g/mol. The summed E-state index contributed by atoms with van der Waals surface area (Å²) in [6.45, 7) is 7.04. The number of aliphatic imine (C=N–C) groups is 1. The third-order valence-corrected chi connectivity index (χ3v) is 7.42. The Morgan fingerprint density at radius 2 is 1.97 bits per heavy atom. The van der Waals surface area contributed by atoms with Crippen LogP contribution in [-0.4, -0.2) is 77.9 Å². The topological polar surface area (TPSA) is 88.8 Å². The van der Waals surface area contributed by atoms with E-state index in [0.29, 0.717) is 12.5 Å². The Bertz CT molecular complexity index is 715. The smallest absolute Gasteiger partial charge is 0.209 e. The highest BCUT2D eigenvalue weighted by atomic mass is 32.2. The number of anilines is 1. The Hall–Kier alpha value is -1.86. The van der Waals surface area contributed by atoms with Gasteiger partial charge >= 0.3 is 0 Å². The van der Waals surface area contributed by atoms with Crippen LogP contribution in [0.2, 0.25) is 0 Å². The van der Waals surface area contributed by atoms with E-state index in [1.165, 1.54) is 57.4 Å². The molecule has 2 heterocycles. The van der Waals surface area contributed by atoms with Crippen molar-refractivity contribution in [3.63, 3.8) is 0 Å². The molecule has 0 bridgehead atoms. The number of unbranched alkanes of at least 4 members (excludes halogenated alkanes) is 2. The standard InChI is InChI=1S/C24H39N7OS/c25-21-28-24(29-22-9-12-26-13-10-22)27-11-4-1-5-20-33-31(23-7-2-3-8-23)15-6-14-30-16-18-32-19-17-30/h9-10,12-13,23H,1-8,11,14-20H2,(H2,26,27,28,29). The zero-order valence-corrected chi connectivity index (χ0v) is 20.6. The van der Waals surface area contributed by atoms with Crippen molar-refractivity contribution in [1.82, 2.24) is 19.5 Å². The molecule has 2 fully saturated rings. The molecule has 0 spiro atoms. The number of hydrogen-bond donors (Lipinski definition) is 2. The second-order valence-corrected chi connectivity index (χ2v) is 9.74. The number of nitrogens with zero attached hydrogens (tertiary/aromatic N) is 5. The highest BCUT2D eigenvalue weighted by Crippen LogP contribution is 2.29. The van der Waals surface area contributed by atoms with Crippen molar-refractivity contribution in [1.29, 1.82) is 5.26 Å². The van der Waals surface area contributed by atoms with Gasteiger partial charge in [-0.1, -0.05) is 31.2 Å². The number of pyridine rings is 1. The molecule has 1 saturated heterocycles. The van der Waals surface area contributed by atoms with Crippen molar-refractivity contribution in [3.8, 4) is 6.19 Å². The van der Waals surface area contributed by atoms with Gasteiger partial charge in [0.1, 0.15) is 0 Å². The average molecular weight is 474 g/mol. The third-order valence-electron chi connectivity index (χ3n) is 6.14. The van der Waals surface area contributed by atoms with Crippen molar-refractivity contribution in [2.45, 2.75) is 57.4 Å². The van der Waals surface area contributed by atoms with Crippen LogP contribution < -0.4 is 10.6 Å². The molecule has 0 unspecified atom stereocenters. The zero-order chi connectivity index (χ0) is 23.0. The number of nitrogens with one attached hydrogen (secondary N) is 2. The molecule has 2 N–H and O–H groups in total. The minimum atomic E-state index is 0.491. The van der Waals surface area contributed by atoms with Gasteiger partial charge in [-0.3, -0.25) is 20.2 Å². The lowest BCUT2D eigenvalue weighted by Crippen LogP contribution is -2.38. The summed E-state index contributed by atoms with van der Waals surface area (Å²) < 4.78 is 8.16. The molecule has 1 aliphatic carbocycles. The zero-order valence-electron chi connectivity index (χ0n) is 19.8. The van der Waals surface area contributed by atoms with Crippen LogP contribution in [0.25, 0.3) is 0 Å². The van der Waals surface area contributed by atoms with E-state index >= 15 is 0 Å². The maximum Gasteiger partial charge on any atom is 0.209 e. The summed E-state index contributed by atoms with van der Waals surface area (Å²) in [5.41, 5.74) is 0.864. The summed E-state index contributed by atoms with van der Waals surface area (Å²) in [4.78, 5) is 11.1. The summed E-state index contributed by atoms with van der Waals surface area (Å²) in [6.07, 6.45) is 15.5. The van der Waals surface area contributed by atoms with Crippen LogP contribution in [0.15, 0.2) is 29.5 Å². The fraction of sp³-hybridized carbons (Fsp3) is 0.708. The molecule has 33 heavy (non-hydrogen) atoms. The predicted molar refractivity (Wildman–Crippen MR) is 136 cm³/mol. The van der Waals surface area contributed by atoms with Gasteiger partial charge in [-0.25, -0.2) is 4.31 Å². The number of rotatable bonds is 13. The first kappa shape index (κ1) is 25.8. The molecule has 1 aromatic rings. The minimum Gasteiger partial charge on any atom is -0.379 e. The van der Waals surface area contributed by atoms with Crippen LogP contribution in [0.4, 0.5) is 5.69 Å². The van der Waals surface area contributed by atoms with E-state index in [1.807, 2.05) is 18.3 Å². The molecule has 9 heteroatoms. The average Bonchev–Trinajstić information content (AvgIpc) is 3.38. The first-order valence-electron chi connectivity index (χ1n) is 12.4. The van der Waals surface area contributed by atoms with E-state index in [9.17, 15) is 0 Å². The summed E-state index contributed by atoms with van der Waals surface area (Å²) in [5.74, 6) is 1.67. The van der Waals surface area contributed by atoms with Crippen LogP contribution in [-0.2, 0) is 4.74 Å². The van der Waals surface area contributed by atoms with Gasteiger partial charge in [0.25, 0.3) is 0 Å². The Balaban J connectivity index is 1.31. The van der Waals surface area contributed by atoms with E-state index in [-0.39, 0.29) is 0 Å². The highest BCUT2D eigenvalue weighted by Gasteiger charge is 2.23. The molecule has 1 saturated carbocycles. The van der Waals surface area contributed by atoms with Crippen LogP contribution in [0.1, 0.15) is 51.4 Å². The maximum atomic E-state index is 8.95. The Labute approximate surface area is 203 Å². The number of hydrogen-bond acceptors (Lipinski definition) is 7. The van der Waals surface area contributed by atoms with Gasteiger partial charge in [0.05, 0.1) is 13.2 Å². The van der Waals surface area contributed by atoms with Crippen molar-refractivity contribution < 1.29 is 4.74 Å². The normalized spacial score (nSPS) is 17.9. The van der Waals surface area contributed by atoms with Gasteiger partial charge in [0.15, 0.2) is 6.19 Å². The second kappa shape index (κ2) is 15.9. The number of aromatic nitrogens is 1. The van der Waals surface area contributed by atoms with Gasteiger partial charge in [0, 0.05) is 56.1 Å². The van der Waals surface area contributed by atoms with Crippen molar-refractivity contribution in [2.24, 2.45) is 4.99 Å². The Morgan fingerprint density at radius 1 is 1.18 bits per heavy atom. The SMILES string of the molecule is N#CNC(=NCCCCCSN(CCCN1CCOCC1)C1CCCC1)Nc1ccncc1. The van der Waals surface area contributed by atoms with Crippen LogP contribution >= 0.6 is 11.9 Å². The predicted octanol–water partition coefficient (Wildman–Crippen LogP) is 3.71. The molecule has 3 rings (SSSR count). The van der Waals surface area contributed by atoms with Gasteiger partial charge in [-0.05, 0) is 50.8 Å². The lowest BCUT2D eigenvalue weighted by molar-refractivity contribution is 0.0367. The quantitative estimate of drug-likeness (QED) is 0.112. The molecule has 1 aromatic heterocycles. The largest absolute Gasteiger partial charge is 0.379 e. The van der Waals surface area contributed by atoms with E-state index < -0.39 is 0 Å². The molecule has 0 amide bonds. The fourth-order valence-electron chi connectivity index (χ4n) is 4.32. The monoisotopic (exact) mass is 473 g/mol. The number of ether oxygens (including phenoxy) is 1. The second-order valence-electron chi connectivity index (χ2n) is 8.61. The Morgan fingerprint density at radius 3 is 2.73 bits per heavy atom. The first-order chi connectivity index (χ1) is 16.3. The molecular formula is C24H39N7OS. The highest BCUT2D eigenvalue weighted by molar-refractivity contribution is 7.97. The van der Waals surface area contributed by atoms with Crippen LogP contribution in [0.3, 0.4) is 0 Å². The molecule has 0 aromatic carbocycles. The van der Waals surface area contributed by atoms with Gasteiger partial charge in [-0.2, -0.15) is 5.26 Å². The lowest BCUT2D eigenvalue weighted by atomic mass is 10.2. The molecule has 0 radical (unpaired) electrons. The lowest BCUT2D eigenvalue weighted by Gasteiger charge is -2.30. The van der Waals surface area contributed by atoms with E-state index in [1.54, 1.807) is 12.4 Å². The van der Waals surface area contributed by atoms with Crippen LogP contribution in [0, 0.1) is 11.5 Å². The molecule has 0 atom stereocenters. The number of guanidine groups is 1.